The van der Waals surface area contributed by atoms with Crippen LogP contribution in [-0.2, 0) is 13.0 Å². The van der Waals surface area contributed by atoms with Crippen molar-refractivity contribution in [3.05, 3.63) is 76.8 Å². The van der Waals surface area contributed by atoms with Gasteiger partial charge >= 0.3 is 0 Å². The van der Waals surface area contributed by atoms with E-state index < -0.39 is 0 Å². The molecule has 2 N–H and O–H groups in total. The maximum absolute atomic E-state index is 12.6. The number of quaternary nitrogens is 1. The van der Waals surface area contributed by atoms with Gasteiger partial charge in [-0.1, -0.05) is 31.2 Å². The number of pyridine rings is 1. The predicted molar refractivity (Wildman–Crippen MR) is 119 cm³/mol. The average Bonchev–Trinajstić information content (AvgIpc) is 3.17. The number of aromatic nitrogens is 1. The zero-order valence-electron chi connectivity index (χ0n) is 16.7. The fourth-order valence-corrected chi connectivity index (χ4v) is 4.71. The highest BCUT2D eigenvalue weighted by Crippen LogP contribution is 2.28. The lowest BCUT2D eigenvalue weighted by molar-refractivity contribution is -0.914. The highest BCUT2D eigenvalue weighted by Gasteiger charge is 2.23. The molecule has 0 atom stereocenters. The molecule has 1 fully saturated rings. The summed E-state index contributed by atoms with van der Waals surface area (Å²) in [5, 5.41) is 4.15. The van der Waals surface area contributed by atoms with Gasteiger partial charge in [-0.15, -0.1) is 11.3 Å². The fourth-order valence-electron chi connectivity index (χ4n) is 3.70. The lowest BCUT2D eigenvalue weighted by Crippen LogP contribution is -3.13. The summed E-state index contributed by atoms with van der Waals surface area (Å²) in [6.07, 6.45) is 2.84. The van der Waals surface area contributed by atoms with Crippen molar-refractivity contribution in [2.24, 2.45) is 0 Å². The number of anilines is 2. The van der Waals surface area contributed by atoms with Crippen LogP contribution < -0.4 is 15.1 Å². The fraction of sp³-hybridized carbons (Fsp3) is 0.304. The summed E-state index contributed by atoms with van der Waals surface area (Å²) in [6, 6.07) is 17.8. The SMILES string of the molecule is CCc1cc(C[NH+]2CCN(c3ccccn3)CC2)c(NC(=O)c2ccccc2)s1. The molecule has 4 rings (SSSR count). The Hall–Kier alpha value is -2.70. The molecule has 0 unspecified atom stereocenters. The summed E-state index contributed by atoms with van der Waals surface area (Å²) in [6.45, 7) is 7.25. The summed E-state index contributed by atoms with van der Waals surface area (Å²) in [7, 11) is 0. The summed E-state index contributed by atoms with van der Waals surface area (Å²) in [5.41, 5.74) is 1.94. The van der Waals surface area contributed by atoms with Gasteiger partial charge in [-0.2, -0.15) is 0 Å². The molecule has 3 aromatic rings. The first kappa shape index (κ1) is 19.6. The normalized spacial score (nSPS) is 14.7. The molecule has 2 aromatic heterocycles. The molecule has 3 heterocycles. The number of amides is 1. The van der Waals surface area contributed by atoms with Crippen molar-refractivity contribution in [1.82, 2.24) is 4.98 Å². The third-order valence-electron chi connectivity index (χ3n) is 5.36. The van der Waals surface area contributed by atoms with Crippen LogP contribution in [0.4, 0.5) is 10.8 Å². The van der Waals surface area contributed by atoms with Crippen molar-refractivity contribution < 1.29 is 9.69 Å². The molecule has 0 aliphatic carbocycles. The molecule has 150 valence electrons. The van der Waals surface area contributed by atoms with Gasteiger partial charge in [0.15, 0.2) is 0 Å². The van der Waals surface area contributed by atoms with E-state index in [0.717, 1.165) is 50.0 Å². The first-order valence-corrected chi connectivity index (χ1v) is 11.0. The molecule has 1 aliphatic rings. The van der Waals surface area contributed by atoms with E-state index in [2.05, 4.69) is 34.3 Å². The number of piperazine rings is 1. The number of aryl methyl sites for hydroxylation is 1. The van der Waals surface area contributed by atoms with E-state index in [1.807, 2.05) is 48.7 Å². The van der Waals surface area contributed by atoms with E-state index in [4.69, 9.17) is 0 Å². The minimum Gasteiger partial charge on any atom is -0.345 e. The third-order valence-corrected chi connectivity index (χ3v) is 6.59. The van der Waals surface area contributed by atoms with Gasteiger partial charge in [-0.3, -0.25) is 4.79 Å². The van der Waals surface area contributed by atoms with Gasteiger partial charge in [0, 0.05) is 22.2 Å². The van der Waals surface area contributed by atoms with E-state index in [0.29, 0.717) is 5.56 Å². The van der Waals surface area contributed by atoms with Crippen LogP contribution in [0, 0.1) is 0 Å². The molecule has 6 heteroatoms. The van der Waals surface area contributed by atoms with Crippen LogP contribution in [0.15, 0.2) is 60.8 Å². The van der Waals surface area contributed by atoms with Crippen molar-refractivity contribution >= 4 is 28.1 Å². The van der Waals surface area contributed by atoms with Crippen molar-refractivity contribution in [2.75, 3.05) is 36.4 Å². The Bertz CT molecular complexity index is 934. The maximum Gasteiger partial charge on any atom is 0.256 e. The predicted octanol–water partition coefficient (Wildman–Crippen LogP) is 2.86. The van der Waals surface area contributed by atoms with Crippen LogP contribution in [0.25, 0.3) is 0 Å². The summed E-state index contributed by atoms with van der Waals surface area (Å²) < 4.78 is 0. The number of benzene rings is 1. The Kier molecular flexibility index (Phi) is 6.22. The number of carbonyl (C=O) groups excluding carboxylic acids is 1. The number of rotatable bonds is 6. The first-order valence-electron chi connectivity index (χ1n) is 10.2. The molecular formula is C23H27N4OS+. The minimum absolute atomic E-state index is 0.0358. The highest BCUT2D eigenvalue weighted by molar-refractivity contribution is 7.16. The van der Waals surface area contributed by atoms with Crippen LogP contribution in [0.5, 0.6) is 0 Å². The topological polar surface area (TPSA) is 49.7 Å². The molecule has 0 spiro atoms. The smallest absolute Gasteiger partial charge is 0.256 e. The third kappa shape index (κ3) is 4.83. The Morgan fingerprint density at radius 1 is 1.14 bits per heavy atom. The average molecular weight is 408 g/mol. The molecular weight excluding hydrogens is 380 g/mol. The second-order valence-corrected chi connectivity index (χ2v) is 8.48. The van der Waals surface area contributed by atoms with Crippen molar-refractivity contribution in [2.45, 2.75) is 19.9 Å². The Balaban J connectivity index is 1.41. The zero-order valence-corrected chi connectivity index (χ0v) is 17.5. The lowest BCUT2D eigenvalue weighted by atomic mass is 10.2. The number of hydrogen-bond donors (Lipinski definition) is 2. The molecule has 5 nitrogen and oxygen atoms in total. The van der Waals surface area contributed by atoms with Crippen LogP contribution in [-0.4, -0.2) is 37.1 Å². The molecule has 29 heavy (non-hydrogen) atoms. The largest absolute Gasteiger partial charge is 0.345 e. The van der Waals surface area contributed by atoms with Crippen molar-refractivity contribution in [3.8, 4) is 0 Å². The number of thiophene rings is 1. The van der Waals surface area contributed by atoms with Gasteiger partial charge in [0.1, 0.15) is 17.4 Å². The quantitative estimate of drug-likeness (QED) is 0.661. The zero-order chi connectivity index (χ0) is 20.1. The summed E-state index contributed by atoms with van der Waals surface area (Å²) in [5.74, 6) is 1.03. The Labute approximate surface area is 176 Å². The molecule has 0 bridgehead atoms. The van der Waals surface area contributed by atoms with E-state index in [9.17, 15) is 4.79 Å². The van der Waals surface area contributed by atoms with Crippen LogP contribution in [0.3, 0.4) is 0 Å². The van der Waals surface area contributed by atoms with E-state index in [-0.39, 0.29) is 5.91 Å². The van der Waals surface area contributed by atoms with E-state index in [1.54, 1.807) is 16.2 Å². The van der Waals surface area contributed by atoms with E-state index in [1.165, 1.54) is 10.4 Å². The van der Waals surface area contributed by atoms with Crippen LogP contribution in [0.2, 0.25) is 0 Å². The number of nitrogens with one attached hydrogen (secondary N) is 2. The van der Waals surface area contributed by atoms with Gasteiger partial charge in [0.2, 0.25) is 0 Å². The van der Waals surface area contributed by atoms with Gasteiger partial charge in [-0.25, -0.2) is 4.98 Å². The van der Waals surface area contributed by atoms with Crippen LogP contribution >= 0.6 is 11.3 Å². The van der Waals surface area contributed by atoms with Crippen molar-refractivity contribution in [1.29, 1.82) is 0 Å². The second kappa shape index (κ2) is 9.20. The number of nitrogens with zero attached hydrogens (tertiary/aromatic N) is 2. The number of hydrogen-bond acceptors (Lipinski definition) is 4. The molecule has 1 aliphatic heterocycles. The molecule has 1 amide bonds. The molecule has 1 aromatic carbocycles. The Morgan fingerprint density at radius 3 is 2.59 bits per heavy atom. The lowest BCUT2D eigenvalue weighted by Gasteiger charge is -2.32. The maximum atomic E-state index is 12.6. The van der Waals surface area contributed by atoms with Crippen molar-refractivity contribution in [3.63, 3.8) is 0 Å². The van der Waals surface area contributed by atoms with Gasteiger partial charge in [-0.05, 0) is 36.8 Å². The second-order valence-electron chi connectivity index (χ2n) is 7.34. The number of carbonyl (C=O) groups is 1. The summed E-state index contributed by atoms with van der Waals surface area (Å²) >= 11 is 1.70. The summed E-state index contributed by atoms with van der Waals surface area (Å²) in [4.78, 5) is 22.3. The van der Waals surface area contributed by atoms with Crippen LogP contribution in [0.1, 0.15) is 27.7 Å². The van der Waals surface area contributed by atoms with Gasteiger partial charge in [0.25, 0.3) is 5.91 Å². The molecule has 0 radical (unpaired) electrons. The highest BCUT2D eigenvalue weighted by atomic mass is 32.1. The monoisotopic (exact) mass is 407 g/mol. The molecule has 1 saturated heterocycles. The first-order chi connectivity index (χ1) is 14.2. The minimum atomic E-state index is -0.0358. The van der Waals surface area contributed by atoms with Gasteiger partial charge < -0.3 is 15.1 Å². The standard InChI is InChI=1S/C23H26N4OS/c1-2-20-16-19(23(29-20)25-22(28)18-8-4-3-5-9-18)17-26-12-14-27(15-13-26)21-10-6-7-11-24-21/h3-11,16H,2,12-15,17H2,1H3,(H,25,28)/p+1. The van der Waals surface area contributed by atoms with E-state index >= 15 is 0 Å². The Morgan fingerprint density at radius 2 is 1.90 bits per heavy atom. The van der Waals surface area contributed by atoms with Gasteiger partial charge in [0.05, 0.1) is 26.2 Å². The molecule has 0 saturated carbocycles.